The van der Waals surface area contributed by atoms with Crippen LogP contribution >= 0.6 is 0 Å². The molecule has 0 bridgehead atoms. The molecule has 1 saturated carbocycles. The summed E-state index contributed by atoms with van der Waals surface area (Å²) in [5.74, 6) is 1.07. The lowest BCUT2D eigenvalue weighted by Gasteiger charge is -2.25. The Bertz CT molecular complexity index is 1350. The van der Waals surface area contributed by atoms with Crippen molar-refractivity contribution >= 4 is 9.84 Å². The number of hydrogen-bond donors (Lipinski definition) is 1. The highest BCUT2D eigenvalue weighted by molar-refractivity contribution is 7.91. The maximum Gasteiger partial charge on any atom is 0.328 e. The van der Waals surface area contributed by atoms with Gasteiger partial charge in [-0.2, -0.15) is 0 Å². The number of H-pyrrole nitrogens is 1. The third kappa shape index (κ3) is 5.78. The van der Waals surface area contributed by atoms with Gasteiger partial charge in [0.1, 0.15) is 5.75 Å². The largest absolute Gasteiger partial charge is 0.493 e. The third-order valence-electron chi connectivity index (χ3n) is 5.73. The molecule has 1 aromatic carbocycles. The van der Waals surface area contributed by atoms with E-state index in [2.05, 4.69) is 9.97 Å². The summed E-state index contributed by atoms with van der Waals surface area (Å²) in [6.07, 6.45) is 5.38. The second-order valence-corrected chi connectivity index (χ2v) is 11.1. The van der Waals surface area contributed by atoms with Crippen molar-refractivity contribution in [3.8, 4) is 5.75 Å². The minimum Gasteiger partial charge on any atom is -0.493 e. The van der Waals surface area contributed by atoms with E-state index >= 15 is 0 Å². The maximum atomic E-state index is 13.2. The molecule has 4 rings (SSSR count). The topological polar surface area (TPSA) is 111 Å². The molecule has 33 heavy (non-hydrogen) atoms. The Balaban J connectivity index is 1.47. The Labute approximate surface area is 192 Å². The molecule has 1 aliphatic rings. The van der Waals surface area contributed by atoms with Crippen LogP contribution in [0.25, 0.3) is 0 Å². The summed E-state index contributed by atoms with van der Waals surface area (Å²) in [6.45, 7) is 4.54. The van der Waals surface area contributed by atoms with Crippen LogP contribution in [0.1, 0.15) is 37.9 Å². The summed E-state index contributed by atoms with van der Waals surface area (Å²) >= 11 is 0. The lowest BCUT2D eigenvalue weighted by molar-refractivity contribution is 0.299. The fraction of sp³-hybridized carbons (Fsp3) is 0.375. The van der Waals surface area contributed by atoms with Crippen LogP contribution in [0, 0.1) is 5.92 Å². The van der Waals surface area contributed by atoms with Gasteiger partial charge in [-0.15, -0.1) is 0 Å². The van der Waals surface area contributed by atoms with E-state index in [1.54, 1.807) is 36.5 Å². The van der Waals surface area contributed by atoms with E-state index in [4.69, 9.17) is 4.74 Å². The zero-order valence-electron chi connectivity index (χ0n) is 18.7. The van der Waals surface area contributed by atoms with Gasteiger partial charge in [0, 0.05) is 23.9 Å². The number of sulfone groups is 1. The lowest BCUT2D eigenvalue weighted by Crippen LogP contribution is -2.30. The smallest absolute Gasteiger partial charge is 0.328 e. The highest BCUT2D eigenvalue weighted by atomic mass is 32.2. The highest BCUT2D eigenvalue weighted by Gasteiger charge is 2.30. The van der Waals surface area contributed by atoms with Gasteiger partial charge < -0.3 is 4.74 Å². The van der Waals surface area contributed by atoms with Gasteiger partial charge in [0.2, 0.25) is 0 Å². The molecule has 0 unspecified atom stereocenters. The molecule has 2 aromatic heterocycles. The standard InChI is InChI=1S/C24H27N3O5S/c1-24(2,16-33(30,31)21-5-3-4-20(12-21)32-15-17-6-7-17)18-8-9-19(25-13-18)14-27-11-10-22(28)26-23(27)29/h3-5,8-13,17H,6-7,14-16H2,1-2H3,(H,26,28,29). The zero-order valence-corrected chi connectivity index (χ0v) is 19.5. The molecule has 8 nitrogen and oxygen atoms in total. The van der Waals surface area contributed by atoms with Crippen LogP contribution in [0.5, 0.6) is 5.75 Å². The maximum absolute atomic E-state index is 13.2. The lowest BCUT2D eigenvalue weighted by atomic mass is 9.88. The van der Waals surface area contributed by atoms with Gasteiger partial charge in [-0.25, -0.2) is 13.2 Å². The van der Waals surface area contributed by atoms with Gasteiger partial charge in [0.15, 0.2) is 9.84 Å². The number of hydrogen-bond acceptors (Lipinski definition) is 6. The van der Waals surface area contributed by atoms with Crippen LogP contribution in [0.15, 0.2) is 69.3 Å². The van der Waals surface area contributed by atoms with E-state index in [-0.39, 0.29) is 17.2 Å². The first kappa shape index (κ1) is 23.0. The summed E-state index contributed by atoms with van der Waals surface area (Å²) in [7, 11) is -3.57. The number of aromatic nitrogens is 3. The van der Waals surface area contributed by atoms with Crippen molar-refractivity contribution in [2.45, 2.75) is 43.5 Å². The number of nitrogens with zero attached hydrogens (tertiary/aromatic N) is 2. The SMILES string of the molecule is CC(C)(CS(=O)(=O)c1cccc(OCC2CC2)c1)c1ccc(Cn2ccc(=O)[nH]c2=O)nc1. The first-order chi connectivity index (χ1) is 15.6. The molecule has 0 spiro atoms. The molecule has 2 heterocycles. The van der Waals surface area contributed by atoms with Crippen molar-refractivity contribution in [2.75, 3.05) is 12.4 Å². The predicted octanol–water partition coefficient (Wildman–Crippen LogP) is 2.52. The normalized spacial score (nSPS) is 14.2. The quantitative estimate of drug-likeness (QED) is 0.516. The fourth-order valence-corrected chi connectivity index (χ4v) is 5.42. The summed E-state index contributed by atoms with van der Waals surface area (Å²) in [5, 5.41) is 0. The van der Waals surface area contributed by atoms with Crippen molar-refractivity contribution in [2.24, 2.45) is 5.92 Å². The van der Waals surface area contributed by atoms with Gasteiger partial charge in [-0.3, -0.25) is 19.3 Å². The minimum atomic E-state index is -3.57. The molecular weight excluding hydrogens is 442 g/mol. The van der Waals surface area contributed by atoms with Gasteiger partial charge in [0.05, 0.1) is 29.5 Å². The molecule has 0 saturated heterocycles. The molecule has 1 N–H and O–H groups in total. The van der Waals surface area contributed by atoms with Gasteiger partial charge >= 0.3 is 5.69 Å². The molecule has 0 atom stereocenters. The Hall–Kier alpha value is -3.20. The average molecular weight is 470 g/mol. The van der Waals surface area contributed by atoms with Crippen LogP contribution < -0.4 is 16.0 Å². The Morgan fingerprint density at radius 2 is 1.94 bits per heavy atom. The minimum absolute atomic E-state index is 0.0908. The fourth-order valence-electron chi connectivity index (χ4n) is 3.56. The monoisotopic (exact) mass is 469 g/mol. The van der Waals surface area contributed by atoms with Crippen LogP contribution in [-0.2, 0) is 21.8 Å². The highest BCUT2D eigenvalue weighted by Crippen LogP contribution is 2.31. The van der Waals surface area contributed by atoms with E-state index in [1.807, 2.05) is 19.9 Å². The summed E-state index contributed by atoms with van der Waals surface area (Å²) < 4.78 is 33.4. The molecule has 0 radical (unpaired) electrons. The molecule has 0 aliphatic heterocycles. The van der Waals surface area contributed by atoms with Crippen LogP contribution in [0.3, 0.4) is 0 Å². The number of rotatable bonds is 9. The number of benzene rings is 1. The molecule has 174 valence electrons. The van der Waals surface area contributed by atoms with Crippen LogP contribution in [0.4, 0.5) is 0 Å². The van der Waals surface area contributed by atoms with E-state index in [9.17, 15) is 18.0 Å². The Morgan fingerprint density at radius 1 is 1.15 bits per heavy atom. The summed E-state index contributed by atoms with van der Waals surface area (Å²) in [6, 6.07) is 11.5. The molecule has 1 aliphatic carbocycles. The second kappa shape index (κ2) is 8.97. The molecule has 1 fully saturated rings. The Morgan fingerprint density at radius 3 is 2.61 bits per heavy atom. The Kier molecular flexibility index (Phi) is 6.25. The third-order valence-corrected chi connectivity index (χ3v) is 7.81. The number of ether oxygens (including phenoxy) is 1. The first-order valence-electron chi connectivity index (χ1n) is 10.8. The van der Waals surface area contributed by atoms with Gasteiger partial charge in [-0.05, 0) is 48.6 Å². The van der Waals surface area contributed by atoms with E-state index < -0.39 is 26.5 Å². The molecular formula is C24H27N3O5S. The van der Waals surface area contributed by atoms with Crippen molar-refractivity contribution in [1.82, 2.24) is 14.5 Å². The molecule has 0 amide bonds. The van der Waals surface area contributed by atoms with E-state index in [0.717, 1.165) is 5.56 Å². The summed E-state index contributed by atoms with van der Waals surface area (Å²) in [4.78, 5) is 29.9. The van der Waals surface area contributed by atoms with Crippen molar-refractivity contribution in [3.05, 3.63) is 87.0 Å². The second-order valence-electron chi connectivity index (χ2n) is 9.15. The summed E-state index contributed by atoms with van der Waals surface area (Å²) in [5.41, 5.74) is -0.271. The number of aromatic amines is 1. The number of nitrogens with one attached hydrogen (secondary N) is 1. The van der Waals surface area contributed by atoms with Gasteiger partial charge in [-0.1, -0.05) is 26.0 Å². The van der Waals surface area contributed by atoms with Crippen molar-refractivity contribution in [3.63, 3.8) is 0 Å². The van der Waals surface area contributed by atoms with E-state index in [1.165, 1.54) is 29.7 Å². The van der Waals surface area contributed by atoms with Crippen molar-refractivity contribution in [1.29, 1.82) is 0 Å². The average Bonchev–Trinajstić information content (AvgIpc) is 3.59. The number of pyridine rings is 1. The first-order valence-corrected chi connectivity index (χ1v) is 12.5. The van der Waals surface area contributed by atoms with E-state index in [0.29, 0.717) is 24.0 Å². The van der Waals surface area contributed by atoms with Crippen molar-refractivity contribution < 1.29 is 13.2 Å². The molecule has 9 heteroatoms. The van der Waals surface area contributed by atoms with Crippen LogP contribution in [-0.4, -0.2) is 35.3 Å². The van der Waals surface area contributed by atoms with Gasteiger partial charge in [0.25, 0.3) is 5.56 Å². The molecule has 3 aromatic rings. The predicted molar refractivity (Wildman–Crippen MR) is 124 cm³/mol. The van der Waals surface area contributed by atoms with Crippen LogP contribution in [0.2, 0.25) is 0 Å². The zero-order chi connectivity index (χ0) is 23.6.